The number of hydrogen-bond donors (Lipinski definition) is 0. The molecule has 0 aliphatic rings. The lowest BCUT2D eigenvalue weighted by Gasteiger charge is -2.19. The van der Waals surface area contributed by atoms with Gasteiger partial charge in [0, 0.05) is 19.4 Å². The lowest BCUT2D eigenvalue weighted by Crippen LogP contribution is -2.36. The molecule has 0 aliphatic heterocycles. The average Bonchev–Trinajstić information content (AvgIpc) is 2.44. The highest BCUT2D eigenvalue weighted by atomic mass is 28.3. The Morgan fingerprint density at radius 3 is 2.26 bits per heavy atom. The Kier molecular flexibility index (Phi) is 8.37. The molecule has 1 atom stereocenters. The summed E-state index contributed by atoms with van der Waals surface area (Å²) in [4.78, 5) is 4.69. The third-order valence-corrected chi connectivity index (χ3v) is 4.74. The van der Waals surface area contributed by atoms with E-state index in [2.05, 4.69) is 19.1 Å². The molecule has 0 fully saturated rings. The molecule has 4 heteroatoms. The Morgan fingerprint density at radius 1 is 1.11 bits per heavy atom. The fraction of sp³-hybridized carbons (Fsp3) is 0.533. The molecular formula is C15H24NO2Si. The smallest absolute Gasteiger partial charge is 0.392 e. The summed E-state index contributed by atoms with van der Waals surface area (Å²) in [6.07, 6.45) is 4.03. The molecule has 19 heavy (non-hydrogen) atoms. The van der Waals surface area contributed by atoms with Crippen molar-refractivity contribution in [2.75, 3.05) is 13.2 Å². The molecule has 1 aromatic carbocycles. The van der Waals surface area contributed by atoms with Gasteiger partial charge in [0.15, 0.2) is 0 Å². The van der Waals surface area contributed by atoms with Crippen molar-refractivity contribution in [3.8, 4) is 0 Å². The average molecular weight is 278 g/mol. The maximum absolute atomic E-state index is 5.75. The number of nitrogens with zero attached hydrogens (tertiary/aromatic N) is 1. The van der Waals surface area contributed by atoms with Crippen LogP contribution in [0, 0.1) is 0 Å². The van der Waals surface area contributed by atoms with Crippen LogP contribution < -0.4 is 0 Å². The van der Waals surface area contributed by atoms with Gasteiger partial charge in [-0.05, 0) is 25.8 Å². The molecule has 0 bridgehead atoms. The van der Waals surface area contributed by atoms with Gasteiger partial charge in [0.2, 0.25) is 0 Å². The minimum atomic E-state index is -1.31. The monoisotopic (exact) mass is 278 g/mol. The highest BCUT2D eigenvalue weighted by Crippen LogP contribution is 2.09. The second-order valence-corrected chi connectivity index (χ2v) is 6.06. The van der Waals surface area contributed by atoms with Gasteiger partial charge in [-0.2, -0.15) is 0 Å². The van der Waals surface area contributed by atoms with E-state index in [-0.39, 0.29) is 5.67 Å². The lowest BCUT2D eigenvalue weighted by atomic mass is 10.2. The Hall–Kier alpha value is -0.973. The van der Waals surface area contributed by atoms with Gasteiger partial charge < -0.3 is 8.85 Å². The predicted octanol–water partition coefficient (Wildman–Crippen LogP) is 3.37. The zero-order valence-electron chi connectivity index (χ0n) is 12.1. The zero-order chi connectivity index (χ0) is 13.9. The Balaban J connectivity index is 2.71. The van der Waals surface area contributed by atoms with E-state index < -0.39 is 9.28 Å². The Morgan fingerprint density at radius 2 is 1.74 bits per heavy atom. The van der Waals surface area contributed by atoms with Crippen molar-refractivity contribution in [2.24, 2.45) is 4.99 Å². The molecule has 1 rings (SSSR count). The fourth-order valence-corrected chi connectivity index (χ4v) is 3.52. The Bertz CT molecular complexity index is 350. The van der Waals surface area contributed by atoms with Crippen molar-refractivity contribution in [1.29, 1.82) is 0 Å². The summed E-state index contributed by atoms with van der Waals surface area (Å²) >= 11 is 0. The number of hydrogen-bond acceptors (Lipinski definition) is 3. The molecule has 1 aromatic rings. The number of aliphatic imine (C=N–C) groups is 1. The first kappa shape index (κ1) is 16.1. The summed E-state index contributed by atoms with van der Waals surface area (Å²) in [5.41, 5.74) is 1.29. The van der Waals surface area contributed by atoms with Gasteiger partial charge in [0.25, 0.3) is 0 Å². The van der Waals surface area contributed by atoms with E-state index in [0.717, 1.165) is 18.4 Å². The second-order valence-electron chi connectivity index (χ2n) is 4.18. The van der Waals surface area contributed by atoms with Crippen molar-refractivity contribution >= 4 is 15.5 Å². The molecule has 0 N–H and O–H groups in total. The first-order valence-corrected chi connectivity index (χ1v) is 8.41. The zero-order valence-corrected chi connectivity index (χ0v) is 13.1. The van der Waals surface area contributed by atoms with E-state index in [0.29, 0.717) is 13.2 Å². The fourth-order valence-electron chi connectivity index (χ4n) is 1.76. The highest BCUT2D eigenvalue weighted by molar-refractivity contribution is 6.46. The summed E-state index contributed by atoms with van der Waals surface area (Å²) in [6.45, 7) is 7.56. The van der Waals surface area contributed by atoms with Crippen molar-refractivity contribution in [1.82, 2.24) is 0 Å². The van der Waals surface area contributed by atoms with Gasteiger partial charge >= 0.3 is 9.28 Å². The summed E-state index contributed by atoms with van der Waals surface area (Å²) in [5, 5.41) is 0. The van der Waals surface area contributed by atoms with Crippen LogP contribution in [-0.4, -0.2) is 34.4 Å². The topological polar surface area (TPSA) is 30.8 Å². The SMILES string of the molecule is CCCC(N=Cc1ccccc1)[Si](OCC)OCC. The van der Waals surface area contributed by atoms with E-state index >= 15 is 0 Å². The quantitative estimate of drug-likeness (QED) is 0.512. The third kappa shape index (κ3) is 6.14. The highest BCUT2D eigenvalue weighted by Gasteiger charge is 2.26. The molecule has 0 saturated carbocycles. The Labute approximate surface area is 118 Å². The summed E-state index contributed by atoms with van der Waals surface area (Å²) in [7, 11) is -1.31. The largest absolute Gasteiger partial charge is 0.411 e. The molecule has 0 heterocycles. The first-order valence-electron chi connectivity index (χ1n) is 7.02. The molecule has 0 amide bonds. The van der Waals surface area contributed by atoms with Crippen LogP contribution in [0.2, 0.25) is 0 Å². The van der Waals surface area contributed by atoms with E-state index in [1.54, 1.807) is 0 Å². The van der Waals surface area contributed by atoms with Gasteiger partial charge in [0.05, 0.1) is 5.67 Å². The molecule has 0 spiro atoms. The molecule has 1 radical (unpaired) electrons. The second kappa shape index (κ2) is 9.89. The van der Waals surface area contributed by atoms with Crippen LogP contribution in [0.1, 0.15) is 39.2 Å². The maximum atomic E-state index is 5.75. The summed E-state index contributed by atoms with van der Waals surface area (Å²) in [5.74, 6) is 0. The summed E-state index contributed by atoms with van der Waals surface area (Å²) < 4.78 is 11.5. The van der Waals surface area contributed by atoms with Crippen LogP contribution in [0.25, 0.3) is 0 Å². The predicted molar refractivity (Wildman–Crippen MR) is 81.7 cm³/mol. The van der Waals surface area contributed by atoms with Crippen molar-refractivity contribution in [3.05, 3.63) is 35.9 Å². The lowest BCUT2D eigenvalue weighted by molar-refractivity contribution is 0.203. The molecule has 1 unspecified atom stereocenters. The molecular weight excluding hydrogens is 254 g/mol. The number of benzene rings is 1. The summed E-state index contributed by atoms with van der Waals surface area (Å²) in [6, 6.07) is 10.2. The third-order valence-electron chi connectivity index (χ3n) is 2.61. The van der Waals surface area contributed by atoms with E-state index in [1.807, 2.05) is 38.3 Å². The van der Waals surface area contributed by atoms with E-state index in [1.165, 1.54) is 0 Å². The minimum Gasteiger partial charge on any atom is -0.392 e. The maximum Gasteiger partial charge on any atom is 0.411 e. The standard InChI is InChI=1S/C15H24NO2Si/c1-4-10-15(19(17-5-2)18-6-3)16-13-14-11-8-7-9-12-14/h7-9,11-13,15H,4-6,10H2,1-3H3. The van der Waals surface area contributed by atoms with Crippen LogP contribution in [0.5, 0.6) is 0 Å². The minimum absolute atomic E-state index is 0.162. The van der Waals surface area contributed by atoms with Gasteiger partial charge in [-0.1, -0.05) is 43.7 Å². The van der Waals surface area contributed by atoms with Gasteiger partial charge in [-0.15, -0.1) is 0 Å². The van der Waals surface area contributed by atoms with Gasteiger partial charge in [0.1, 0.15) is 0 Å². The molecule has 0 aromatic heterocycles. The van der Waals surface area contributed by atoms with Crippen LogP contribution in [0.3, 0.4) is 0 Å². The van der Waals surface area contributed by atoms with Gasteiger partial charge in [-0.3, -0.25) is 4.99 Å². The first-order chi connectivity index (χ1) is 9.31. The molecule has 0 aliphatic carbocycles. The van der Waals surface area contributed by atoms with Gasteiger partial charge in [-0.25, -0.2) is 0 Å². The van der Waals surface area contributed by atoms with Crippen molar-refractivity contribution in [3.63, 3.8) is 0 Å². The van der Waals surface area contributed by atoms with E-state index in [4.69, 9.17) is 13.8 Å². The molecule has 0 saturated heterocycles. The number of rotatable bonds is 9. The van der Waals surface area contributed by atoms with Crippen LogP contribution in [-0.2, 0) is 8.85 Å². The van der Waals surface area contributed by atoms with E-state index in [9.17, 15) is 0 Å². The molecule has 105 valence electrons. The van der Waals surface area contributed by atoms with Crippen LogP contribution in [0.4, 0.5) is 0 Å². The van der Waals surface area contributed by atoms with Crippen LogP contribution >= 0.6 is 0 Å². The van der Waals surface area contributed by atoms with Crippen molar-refractivity contribution < 1.29 is 8.85 Å². The van der Waals surface area contributed by atoms with Crippen molar-refractivity contribution in [2.45, 2.75) is 39.3 Å². The normalized spacial score (nSPS) is 13.3. The molecule has 3 nitrogen and oxygen atoms in total. The van der Waals surface area contributed by atoms with Crippen LogP contribution in [0.15, 0.2) is 35.3 Å².